The molecule has 20 heavy (non-hydrogen) atoms. The predicted octanol–water partition coefficient (Wildman–Crippen LogP) is 1.39. The van der Waals surface area contributed by atoms with Gasteiger partial charge in [0, 0.05) is 18.7 Å². The Morgan fingerprint density at radius 3 is 2.30 bits per heavy atom. The van der Waals surface area contributed by atoms with E-state index >= 15 is 0 Å². The van der Waals surface area contributed by atoms with Gasteiger partial charge in [0.2, 0.25) is 17.8 Å². The summed E-state index contributed by atoms with van der Waals surface area (Å²) < 4.78 is 29.2. The van der Waals surface area contributed by atoms with Gasteiger partial charge < -0.3 is 4.55 Å². The fourth-order valence-electron chi connectivity index (χ4n) is 1.39. The molecule has 108 valence electrons. The third kappa shape index (κ3) is 6.55. The van der Waals surface area contributed by atoms with E-state index in [1.165, 1.54) is 0 Å². The van der Waals surface area contributed by atoms with E-state index in [0.717, 1.165) is 11.3 Å². The molecule has 1 aromatic carbocycles. The normalized spacial score (nSPS) is 10.6. The zero-order valence-electron chi connectivity index (χ0n) is 11.1. The number of Topliss-reactive ketones (excluding diaryl/α,β-unsaturated/α-hetero) is 1. The van der Waals surface area contributed by atoms with Gasteiger partial charge in [-0.15, -0.1) is 0 Å². The first kappa shape index (κ1) is 16.5. The van der Waals surface area contributed by atoms with Crippen molar-refractivity contribution in [3.05, 3.63) is 52.5 Å². The van der Waals surface area contributed by atoms with Crippen LogP contribution in [0, 0.1) is 6.92 Å². The van der Waals surface area contributed by atoms with Crippen LogP contribution in [-0.2, 0) is 16.7 Å². The summed E-state index contributed by atoms with van der Waals surface area (Å²) in [6.07, 6.45) is 0.604. The molecule has 1 aromatic heterocycles. The van der Waals surface area contributed by atoms with E-state index < -0.39 is 10.1 Å². The maximum atomic E-state index is 11.8. The number of carbonyl (C=O) groups excluding carboxylic acids is 1. The fraction of sp³-hybridized carbons (Fsp3) is 0.231. The van der Waals surface area contributed by atoms with Gasteiger partial charge in [-0.1, -0.05) is 41.7 Å². The number of thiazole rings is 1. The summed E-state index contributed by atoms with van der Waals surface area (Å²) in [6, 6.07) is 9.39. The minimum Gasteiger partial charge on any atom is -0.748 e. The molecular weight excluding hydrogens is 298 g/mol. The van der Waals surface area contributed by atoms with Gasteiger partial charge >= 0.3 is 0 Å². The average Bonchev–Trinajstić information content (AvgIpc) is 2.74. The Labute approximate surface area is 122 Å². The van der Waals surface area contributed by atoms with Crippen molar-refractivity contribution in [1.82, 2.24) is 0 Å². The third-order valence-electron chi connectivity index (χ3n) is 2.29. The SMILES string of the molecule is CS(=O)(=O)[O-].Cc1csc[n+]1CC(=O)c1ccccc1. The summed E-state index contributed by atoms with van der Waals surface area (Å²) in [7, 11) is -3.92. The summed E-state index contributed by atoms with van der Waals surface area (Å²) in [4.78, 5) is 11.8. The lowest BCUT2D eigenvalue weighted by Gasteiger charge is -1.96. The van der Waals surface area contributed by atoms with Crippen LogP contribution in [0.1, 0.15) is 16.1 Å². The molecule has 0 bridgehead atoms. The molecule has 0 N–H and O–H groups in total. The minimum atomic E-state index is -3.92. The largest absolute Gasteiger partial charge is 0.748 e. The molecule has 7 heteroatoms. The van der Waals surface area contributed by atoms with Crippen molar-refractivity contribution in [3.8, 4) is 0 Å². The quantitative estimate of drug-likeness (QED) is 0.487. The molecular formula is C13H15NO4S2. The second-order valence-corrected chi connectivity index (χ2v) is 6.25. The summed E-state index contributed by atoms with van der Waals surface area (Å²) in [5, 5.41) is 2.04. The molecule has 0 unspecified atom stereocenters. The molecule has 0 aliphatic rings. The predicted molar refractivity (Wildman–Crippen MR) is 75.6 cm³/mol. The van der Waals surface area contributed by atoms with E-state index in [9.17, 15) is 4.79 Å². The highest BCUT2D eigenvalue weighted by atomic mass is 32.2. The Morgan fingerprint density at radius 2 is 1.85 bits per heavy atom. The summed E-state index contributed by atoms with van der Waals surface area (Å²) in [6.45, 7) is 2.44. The number of ketones is 1. The number of aryl methyl sites for hydroxylation is 1. The summed E-state index contributed by atoms with van der Waals surface area (Å²) in [5.74, 6) is 0.155. The average molecular weight is 313 g/mol. The second-order valence-electron chi connectivity index (χ2n) is 4.12. The van der Waals surface area contributed by atoms with Crippen molar-refractivity contribution in [2.75, 3.05) is 6.26 Å². The van der Waals surface area contributed by atoms with Gasteiger partial charge in [-0.2, -0.15) is 4.57 Å². The topological polar surface area (TPSA) is 78.2 Å². The first-order valence-corrected chi connectivity index (χ1v) is 8.44. The lowest BCUT2D eigenvalue weighted by Crippen LogP contribution is -2.38. The molecule has 0 radical (unpaired) electrons. The van der Waals surface area contributed by atoms with E-state index in [1.807, 2.05) is 52.7 Å². The maximum absolute atomic E-state index is 11.8. The van der Waals surface area contributed by atoms with E-state index in [-0.39, 0.29) is 5.78 Å². The van der Waals surface area contributed by atoms with Crippen LogP contribution in [0.4, 0.5) is 0 Å². The molecule has 0 aliphatic carbocycles. The van der Waals surface area contributed by atoms with Gasteiger partial charge in [0.15, 0.2) is 5.69 Å². The highest BCUT2D eigenvalue weighted by Crippen LogP contribution is 2.02. The Bertz CT molecular complexity index is 655. The van der Waals surface area contributed by atoms with Crippen LogP contribution in [0.5, 0.6) is 0 Å². The smallest absolute Gasteiger partial charge is 0.227 e. The Morgan fingerprint density at radius 1 is 1.30 bits per heavy atom. The van der Waals surface area contributed by atoms with Gasteiger partial charge in [-0.3, -0.25) is 4.79 Å². The first-order valence-electron chi connectivity index (χ1n) is 5.68. The molecule has 2 rings (SSSR count). The first-order chi connectivity index (χ1) is 9.27. The van der Waals surface area contributed by atoms with Crippen molar-refractivity contribution in [2.24, 2.45) is 0 Å². The van der Waals surface area contributed by atoms with Crippen molar-refractivity contribution in [1.29, 1.82) is 0 Å². The molecule has 1 heterocycles. The van der Waals surface area contributed by atoms with E-state index in [0.29, 0.717) is 12.8 Å². The molecule has 2 aromatic rings. The molecule has 0 saturated carbocycles. The number of benzene rings is 1. The number of hydrogen-bond donors (Lipinski definition) is 0. The van der Waals surface area contributed by atoms with Crippen LogP contribution in [0.25, 0.3) is 0 Å². The molecule has 0 spiro atoms. The Kier molecular flexibility index (Phi) is 6.00. The molecule has 0 aliphatic heterocycles. The van der Waals surface area contributed by atoms with Gasteiger partial charge in [0.25, 0.3) is 0 Å². The third-order valence-corrected chi connectivity index (χ3v) is 3.14. The number of carbonyl (C=O) groups is 1. The highest BCUT2D eigenvalue weighted by molar-refractivity contribution is 7.84. The van der Waals surface area contributed by atoms with Crippen LogP contribution in [0.2, 0.25) is 0 Å². The number of nitrogens with zero attached hydrogens (tertiary/aromatic N) is 1. The molecule has 5 nitrogen and oxygen atoms in total. The Balaban J connectivity index is 0.000000347. The number of hydrogen-bond acceptors (Lipinski definition) is 5. The van der Waals surface area contributed by atoms with Gasteiger partial charge in [0.1, 0.15) is 0 Å². The zero-order chi connectivity index (χ0) is 15.2. The highest BCUT2D eigenvalue weighted by Gasteiger charge is 2.14. The van der Waals surface area contributed by atoms with Crippen molar-refractivity contribution >= 4 is 27.2 Å². The molecule has 0 atom stereocenters. The Hall–Kier alpha value is -1.57. The fourth-order valence-corrected chi connectivity index (χ4v) is 2.17. The second kappa shape index (κ2) is 7.28. The van der Waals surface area contributed by atoms with Crippen LogP contribution in [-0.4, -0.2) is 25.0 Å². The zero-order valence-corrected chi connectivity index (χ0v) is 12.8. The summed E-state index contributed by atoms with van der Waals surface area (Å²) in [5.41, 5.74) is 3.87. The number of rotatable bonds is 3. The van der Waals surface area contributed by atoms with Crippen molar-refractivity contribution in [3.63, 3.8) is 0 Å². The number of aromatic nitrogens is 1. The standard InChI is InChI=1S/C12H12NOS.CH4O3S/c1-10-8-15-9-13(10)7-12(14)11-5-3-2-4-6-11;1-5(2,3)4/h2-6,8-9H,7H2,1H3;1H3,(H,2,3,4)/q+1;/p-1. The van der Waals surface area contributed by atoms with Gasteiger partial charge in [-0.05, 0) is 0 Å². The maximum Gasteiger partial charge on any atom is 0.227 e. The summed E-state index contributed by atoms with van der Waals surface area (Å²) >= 11 is 1.61. The lowest BCUT2D eigenvalue weighted by atomic mass is 10.1. The molecule has 0 amide bonds. The van der Waals surface area contributed by atoms with Crippen LogP contribution in [0.15, 0.2) is 41.2 Å². The van der Waals surface area contributed by atoms with Crippen LogP contribution >= 0.6 is 11.3 Å². The van der Waals surface area contributed by atoms with E-state index in [2.05, 4.69) is 0 Å². The van der Waals surface area contributed by atoms with Crippen molar-refractivity contribution in [2.45, 2.75) is 13.5 Å². The van der Waals surface area contributed by atoms with Gasteiger partial charge in [-0.25, -0.2) is 8.42 Å². The lowest BCUT2D eigenvalue weighted by molar-refractivity contribution is -0.684. The van der Waals surface area contributed by atoms with Crippen LogP contribution < -0.4 is 4.57 Å². The van der Waals surface area contributed by atoms with Crippen LogP contribution in [0.3, 0.4) is 0 Å². The molecule has 0 fully saturated rings. The van der Waals surface area contributed by atoms with E-state index in [1.54, 1.807) is 11.3 Å². The monoisotopic (exact) mass is 313 g/mol. The van der Waals surface area contributed by atoms with Crippen molar-refractivity contribution < 1.29 is 22.3 Å². The van der Waals surface area contributed by atoms with Gasteiger partial charge in [0.05, 0.1) is 15.5 Å². The molecule has 0 saturated heterocycles. The minimum absolute atomic E-state index is 0.155. The van der Waals surface area contributed by atoms with E-state index in [4.69, 9.17) is 13.0 Å².